The van der Waals surface area contributed by atoms with Gasteiger partial charge in [0.25, 0.3) is 0 Å². The highest BCUT2D eigenvalue weighted by atomic mass is 32.2. The highest BCUT2D eigenvalue weighted by Crippen LogP contribution is 2.42. The Labute approximate surface area is 117 Å². The second-order valence-electron chi connectivity index (χ2n) is 5.22. The first-order chi connectivity index (χ1) is 8.89. The van der Waals surface area contributed by atoms with Crippen LogP contribution in [0.2, 0.25) is 0 Å². The number of nitrogens with one attached hydrogen (secondary N) is 1. The fourth-order valence-electron chi connectivity index (χ4n) is 2.95. The molecule has 1 aromatic carbocycles. The molecule has 1 aromatic rings. The van der Waals surface area contributed by atoms with Crippen LogP contribution >= 0.6 is 11.8 Å². The van der Waals surface area contributed by atoms with Crippen LogP contribution in [0, 0.1) is 19.3 Å². The maximum Gasteiger partial charge on any atom is 0.161 e. The first-order valence-electron chi connectivity index (χ1n) is 6.20. The van der Waals surface area contributed by atoms with E-state index in [1.807, 2.05) is 36.9 Å². The van der Waals surface area contributed by atoms with Gasteiger partial charge in [-0.2, -0.15) is 0 Å². The standard InChI is InChI=1S/C13H16N2O2S2/c1-8-4-3-5-9(2)12(8)15-10-6-19(16,17)7-11(10)18-13(15)14/h3-5,10-11,14H,6-7H2,1-2H3. The molecule has 2 unspecified atom stereocenters. The van der Waals surface area contributed by atoms with E-state index in [1.54, 1.807) is 0 Å². The molecular weight excluding hydrogens is 280 g/mol. The van der Waals surface area contributed by atoms with Crippen LogP contribution in [-0.2, 0) is 9.84 Å². The molecule has 0 aliphatic carbocycles. The maximum atomic E-state index is 11.8. The zero-order valence-electron chi connectivity index (χ0n) is 10.9. The van der Waals surface area contributed by atoms with Gasteiger partial charge in [0.15, 0.2) is 15.0 Å². The third-order valence-electron chi connectivity index (χ3n) is 3.77. The van der Waals surface area contributed by atoms with Crippen LogP contribution in [0.15, 0.2) is 18.2 Å². The van der Waals surface area contributed by atoms with Crippen molar-refractivity contribution in [3.8, 4) is 0 Å². The minimum atomic E-state index is -2.95. The van der Waals surface area contributed by atoms with E-state index in [4.69, 9.17) is 5.41 Å². The number of hydrogen-bond donors (Lipinski definition) is 1. The molecule has 2 aliphatic rings. The molecule has 0 bridgehead atoms. The Kier molecular flexibility index (Phi) is 2.90. The van der Waals surface area contributed by atoms with Crippen LogP contribution in [0.1, 0.15) is 11.1 Å². The summed E-state index contributed by atoms with van der Waals surface area (Å²) in [5.74, 6) is 0.368. The Morgan fingerprint density at radius 3 is 2.53 bits per heavy atom. The van der Waals surface area contributed by atoms with Crippen molar-refractivity contribution in [2.75, 3.05) is 16.4 Å². The summed E-state index contributed by atoms with van der Waals surface area (Å²) in [5, 5.41) is 8.64. The Morgan fingerprint density at radius 1 is 1.26 bits per heavy atom. The molecule has 0 aromatic heterocycles. The molecule has 0 spiro atoms. The van der Waals surface area contributed by atoms with Gasteiger partial charge in [0.2, 0.25) is 0 Å². The number of para-hydroxylation sites is 1. The second kappa shape index (κ2) is 4.24. The fourth-order valence-corrected chi connectivity index (χ4v) is 6.73. The third-order valence-corrected chi connectivity index (χ3v) is 6.90. The average Bonchev–Trinajstić information content (AvgIpc) is 2.71. The molecule has 0 radical (unpaired) electrons. The zero-order valence-corrected chi connectivity index (χ0v) is 12.5. The summed E-state index contributed by atoms with van der Waals surface area (Å²) in [6, 6.07) is 5.93. The Morgan fingerprint density at radius 2 is 1.89 bits per heavy atom. The summed E-state index contributed by atoms with van der Waals surface area (Å²) in [6.07, 6.45) is 0. The number of aryl methyl sites for hydroxylation is 2. The highest BCUT2D eigenvalue weighted by molar-refractivity contribution is 8.15. The van der Waals surface area contributed by atoms with Gasteiger partial charge < -0.3 is 4.90 Å². The first kappa shape index (κ1) is 13.0. The number of rotatable bonds is 1. The fraction of sp³-hybridized carbons (Fsp3) is 0.462. The van der Waals surface area contributed by atoms with E-state index < -0.39 is 9.84 Å². The quantitative estimate of drug-likeness (QED) is 0.860. The number of nitrogens with zero attached hydrogens (tertiary/aromatic N) is 1. The van der Waals surface area contributed by atoms with Gasteiger partial charge in [-0.25, -0.2) is 8.42 Å². The molecule has 1 N–H and O–H groups in total. The Bertz CT molecular complexity index is 634. The normalized spacial score (nSPS) is 28.7. The van der Waals surface area contributed by atoms with E-state index >= 15 is 0 Å². The van der Waals surface area contributed by atoms with Crippen molar-refractivity contribution in [2.45, 2.75) is 25.1 Å². The van der Waals surface area contributed by atoms with Gasteiger partial charge in [0.05, 0.1) is 17.5 Å². The summed E-state index contributed by atoms with van der Waals surface area (Å²) in [7, 11) is -2.95. The largest absolute Gasteiger partial charge is 0.316 e. The number of sulfone groups is 1. The lowest BCUT2D eigenvalue weighted by molar-refractivity contribution is 0.601. The van der Waals surface area contributed by atoms with Crippen molar-refractivity contribution >= 4 is 32.5 Å². The molecule has 0 saturated carbocycles. The topological polar surface area (TPSA) is 61.2 Å². The molecule has 2 fully saturated rings. The van der Waals surface area contributed by atoms with Gasteiger partial charge in [-0.15, -0.1) is 0 Å². The molecule has 3 rings (SSSR count). The van der Waals surface area contributed by atoms with Crippen LogP contribution in [0.25, 0.3) is 0 Å². The van der Waals surface area contributed by atoms with E-state index in [0.29, 0.717) is 5.17 Å². The van der Waals surface area contributed by atoms with Crippen molar-refractivity contribution < 1.29 is 8.42 Å². The van der Waals surface area contributed by atoms with Crippen LogP contribution in [0.5, 0.6) is 0 Å². The predicted octanol–water partition coefficient (Wildman–Crippen LogP) is 1.96. The third kappa shape index (κ3) is 2.07. The molecule has 2 aliphatic heterocycles. The van der Waals surface area contributed by atoms with Crippen molar-refractivity contribution in [3.05, 3.63) is 29.3 Å². The molecular formula is C13H16N2O2S2. The molecule has 2 atom stereocenters. The lowest BCUT2D eigenvalue weighted by Gasteiger charge is -2.27. The summed E-state index contributed by atoms with van der Waals surface area (Å²) in [6.45, 7) is 4.02. The van der Waals surface area contributed by atoms with Crippen LogP contribution in [0.3, 0.4) is 0 Å². The monoisotopic (exact) mass is 296 g/mol. The van der Waals surface area contributed by atoms with Crippen molar-refractivity contribution in [1.82, 2.24) is 0 Å². The summed E-state index contributed by atoms with van der Waals surface area (Å²) >= 11 is 1.39. The van der Waals surface area contributed by atoms with E-state index in [1.165, 1.54) is 11.8 Å². The SMILES string of the molecule is Cc1cccc(C)c1N1C(=N)SC2CS(=O)(=O)CC21. The van der Waals surface area contributed by atoms with E-state index in [9.17, 15) is 8.42 Å². The van der Waals surface area contributed by atoms with Gasteiger partial charge in [0.1, 0.15) is 0 Å². The average molecular weight is 296 g/mol. The number of benzene rings is 1. The van der Waals surface area contributed by atoms with Gasteiger partial charge >= 0.3 is 0 Å². The number of fused-ring (bicyclic) bond motifs is 1. The van der Waals surface area contributed by atoms with Gasteiger partial charge in [-0.3, -0.25) is 5.41 Å². The van der Waals surface area contributed by atoms with Gasteiger partial charge in [0, 0.05) is 10.9 Å². The molecule has 0 amide bonds. The Balaban J connectivity index is 2.07. The van der Waals surface area contributed by atoms with E-state index in [-0.39, 0.29) is 22.8 Å². The highest BCUT2D eigenvalue weighted by Gasteiger charge is 2.49. The molecule has 6 heteroatoms. The minimum absolute atomic E-state index is 0.0107. The summed E-state index contributed by atoms with van der Waals surface area (Å²) < 4.78 is 23.6. The molecule has 4 nitrogen and oxygen atoms in total. The van der Waals surface area contributed by atoms with Gasteiger partial charge in [-0.1, -0.05) is 30.0 Å². The van der Waals surface area contributed by atoms with Crippen molar-refractivity contribution in [1.29, 1.82) is 5.41 Å². The maximum absolute atomic E-state index is 11.8. The van der Waals surface area contributed by atoms with Crippen LogP contribution in [0.4, 0.5) is 5.69 Å². The molecule has 102 valence electrons. The molecule has 19 heavy (non-hydrogen) atoms. The van der Waals surface area contributed by atoms with Crippen molar-refractivity contribution in [2.24, 2.45) is 0 Å². The first-order valence-corrected chi connectivity index (χ1v) is 8.90. The minimum Gasteiger partial charge on any atom is -0.316 e. The van der Waals surface area contributed by atoms with Gasteiger partial charge in [-0.05, 0) is 25.0 Å². The molecule has 2 heterocycles. The van der Waals surface area contributed by atoms with Crippen molar-refractivity contribution in [3.63, 3.8) is 0 Å². The van der Waals surface area contributed by atoms with E-state index in [0.717, 1.165) is 16.8 Å². The van der Waals surface area contributed by atoms with Crippen LogP contribution < -0.4 is 4.90 Å². The zero-order chi connectivity index (χ0) is 13.8. The number of hydrogen-bond acceptors (Lipinski definition) is 4. The lowest BCUT2D eigenvalue weighted by atomic mass is 10.1. The smallest absolute Gasteiger partial charge is 0.161 e. The van der Waals surface area contributed by atoms with Crippen LogP contribution in [-0.4, -0.2) is 36.4 Å². The summed E-state index contributed by atoms with van der Waals surface area (Å²) in [4.78, 5) is 1.92. The summed E-state index contributed by atoms with van der Waals surface area (Å²) in [5.41, 5.74) is 3.19. The number of thioether (sulfide) groups is 1. The second-order valence-corrected chi connectivity index (χ2v) is 8.60. The lowest BCUT2D eigenvalue weighted by Crippen LogP contribution is -2.38. The molecule has 2 saturated heterocycles. The predicted molar refractivity (Wildman–Crippen MR) is 79.9 cm³/mol. The Hall–Kier alpha value is -1.01. The van der Waals surface area contributed by atoms with E-state index in [2.05, 4.69) is 0 Å². The number of amidine groups is 1. The number of anilines is 1.